The Morgan fingerprint density at radius 3 is 2.53 bits per heavy atom. The number of carbonyl (C=O) groups is 1. The van der Waals surface area contributed by atoms with Gasteiger partial charge in [-0.2, -0.15) is 13.2 Å². The van der Waals surface area contributed by atoms with Crippen molar-refractivity contribution in [2.24, 2.45) is 5.92 Å². The molecular weight excluding hydrogens is 211 g/mol. The maximum absolute atomic E-state index is 12.9. The normalized spacial score (nSPS) is 33.3. The first-order valence-electron chi connectivity index (χ1n) is 4.69. The zero-order valence-electron chi connectivity index (χ0n) is 8.64. The van der Waals surface area contributed by atoms with Crippen molar-refractivity contribution in [3.05, 3.63) is 0 Å². The average molecular weight is 225 g/mol. The van der Waals surface area contributed by atoms with E-state index in [0.29, 0.717) is 0 Å². The van der Waals surface area contributed by atoms with Crippen LogP contribution in [0, 0.1) is 5.92 Å². The fourth-order valence-electron chi connectivity index (χ4n) is 2.13. The Kier molecular flexibility index (Phi) is 3.00. The summed E-state index contributed by atoms with van der Waals surface area (Å²) in [7, 11) is 1.38. The summed E-state index contributed by atoms with van der Waals surface area (Å²) in [5.41, 5.74) is -2.01. The van der Waals surface area contributed by atoms with Crippen LogP contribution in [0.2, 0.25) is 0 Å². The molecule has 88 valence electrons. The summed E-state index contributed by atoms with van der Waals surface area (Å²) < 4.78 is 38.6. The minimum atomic E-state index is -4.39. The number of likely N-dealkylation sites (tertiary alicyclic amines) is 1. The van der Waals surface area contributed by atoms with E-state index < -0.39 is 30.0 Å². The van der Waals surface area contributed by atoms with Crippen LogP contribution in [-0.2, 0) is 4.79 Å². The quantitative estimate of drug-likeness (QED) is 0.778. The zero-order chi connectivity index (χ0) is 11.9. The van der Waals surface area contributed by atoms with Gasteiger partial charge in [-0.1, -0.05) is 0 Å². The minimum absolute atomic E-state index is 0.277. The fourth-order valence-corrected chi connectivity index (χ4v) is 2.13. The second-order valence-corrected chi connectivity index (χ2v) is 4.15. The molecule has 0 aromatic carbocycles. The number of carboxylic acid groups (broad SMARTS) is 1. The molecule has 0 aromatic rings. The van der Waals surface area contributed by atoms with Gasteiger partial charge in [0.25, 0.3) is 0 Å². The van der Waals surface area contributed by atoms with E-state index in [0.717, 1.165) is 6.92 Å². The number of aliphatic carboxylic acids is 1. The first-order chi connectivity index (χ1) is 6.69. The third-order valence-corrected chi connectivity index (χ3v) is 3.40. The van der Waals surface area contributed by atoms with Crippen LogP contribution in [0.25, 0.3) is 0 Å². The Hall–Kier alpha value is -0.780. The van der Waals surface area contributed by atoms with E-state index in [1.807, 2.05) is 0 Å². The van der Waals surface area contributed by atoms with E-state index in [1.165, 1.54) is 11.9 Å². The lowest BCUT2D eigenvalue weighted by Gasteiger charge is -2.38. The molecular formula is C9H14F3NO2. The van der Waals surface area contributed by atoms with Gasteiger partial charge in [-0.25, -0.2) is 0 Å². The van der Waals surface area contributed by atoms with Crippen LogP contribution < -0.4 is 0 Å². The van der Waals surface area contributed by atoms with Gasteiger partial charge in [0.2, 0.25) is 0 Å². The van der Waals surface area contributed by atoms with Crippen molar-refractivity contribution in [2.45, 2.75) is 31.5 Å². The Morgan fingerprint density at radius 1 is 1.60 bits per heavy atom. The van der Waals surface area contributed by atoms with Crippen molar-refractivity contribution < 1.29 is 23.1 Å². The van der Waals surface area contributed by atoms with E-state index in [-0.39, 0.29) is 13.0 Å². The van der Waals surface area contributed by atoms with Crippen molar-refractivity contribution in [2.75, 3.05) is 13.6 Å². The van der Waals surface area contributed by atoms with Gasteiger partial charge >= 0.3 is 12.1 Å². The van der Waals surface area contributed by atoms with E-state index in [4.69, 9.17) is 5.11 Å². The fraction of sp³-hybridized carbons (Fsp3) is 0.889. The number of alkyl halides is 3. The number of halogens is 3. The smallest absolute Gasteiger partial charge is 0.406 e. The number of nitrogens with zero attached hydrogens (tertiary/aromatic N) is 1. The Balaban J connectivity index is 2.94. The highest BCUT2D eigenvalue weighted by atomic mass is 19.4. The Labute approximate surface area is 85.9 Å². The molecule has 0 saturated carbocycles. The molecule has 1 saturated heterocycles. The number of rotatable bonds is 2. The van der Waals surface area contributed by atoms with Crippen LogP contribution in [0.3, 0.4) is 0 Å². The van der Waals surface area contributed by atoms with E-state index in [9.17, 15) is 18.0 Å². The van der Waals surface area contributed by atoms with Crippen LogP contribution in [0.5, 0.6) is 0 Å². The number of hydrogen-bond donors (Lipinski definition) is 1. The summed E-state index contributed by atoms with van der Waals surface area (Å²) in [5, 5.41) is 8.57. The maximum atomic E-state index is 12.9. The lowest BCUT2D eigenvalue weighted by atomic mass is 9.83. The largest absolute Gasteiger partial charge is 0.481 e. The van der Waals surface area contributed by atoms with Crippen LogP contribution >= 0.6 is 0 Å². The predicted octanol–water partition coefficient (Wildman–Crippen LogP) is 1.73. The van der Waals surface area contributed by atoms with Crippen molar-refractivity contribution in [1.29, 1.82) is 0 Å². The molecule has 0 spiro atoms. The molecule has 3 nitrogen and oxygen atoms in total. The molecule has 1 aliphatic heterocycles. The molecule has 1 aliphatic rings. The molecule has 2 unspecified atom stereocenters. The summed E-state index contributed by atoms with van der Waals surface area (Å²) in [5.74, 6) is -2.04. The van der Waals surface area contributed by atoms with Crippen LogP contribution in [0.1, 0.15) is 19.8 Å². The zero-order valence-corrected chi connectivity index (χ0v) is 8.64. The highest BCUT2D eigenvalue weighted by Crippen LogP contribution is 2.46. The van der Waals surface area contributed by atoms with Crippen LogP contribution in [0.4, 0.5) is 13.2 Å². The van der Waals surface area contributed by atoms with E-state index >= 15 is 0 Å². The Morgan fingerprint density at radius 2 is 2.13 bits per heavy atom. The van der Waals surface area contributed by atoms with Crippen molar-refractivity contribution in [3.63, 3.8) is 0 Å². The van der Waals surface area contributed by atoms with Crippen molar-refractivity contribution >= 4 is 5.97 Å². The van der Waals surface area contributed by atoms with Crippen molar-refractivity contribution in [1.82, 2.24) is 4.90 Å². The molecule has 0 aromatic heterocycles. The summed E-state index contributed by atoms with van der Waals surface area (Å²) in [6.07, 6.45) is -4.54. The van der Waals surface area contributed by atoms with Gasteiger partial charge in [-0.3, -0.25) is 9.69 Å². The number of hydrogen-bond acceptors (Lipinski definition) is 2. The van der Waals surface area contributed by atoms with E-state index in [1.54, 1.807) is 0 Å². The minimum Gasteiger partial charge on any atom is -0.481 e. The van der Waals surface area contributed by atoms with Gasteiger partial charge in [-0.15, -0.1) is 0 Å². The second kappa shape index (κ2) is 3.66. The van der Waals surface area contributed by atoms with Crippen LogP contribution in [0.15, 0.2) is 0 Å². The summed E-state index contributed by atoms with van der Waals surface area (Å²) >= 11 is 0. The van der Waals surface area contributed by atoms with Gasteiger partial charge < -0.3 is 5.11 Å². The Bertz CT molecular complexity index is 267. The molecule has 1 fully saturated rings. The standard InChI is InChI=1S/C9H14F3NO2/c1-8(9(10,11)12)6(5-7(14)15)3-4-13(8)2/h6H,3-5H2,1-2H3,(H,14,15). The lowest BCUT2D eigenvalue weighted by Crippen LogP contribution is -2.55. The summed E-state index contributed by atoms with van der Waals surface area (Å²) in [4.78, 5) is 11.7. The first-order valence-corrected chi connectivity index (χ1v) is 4.69. The summed E-state index contributed by atoms with van der Waals surface area (Å²) in [6.45, 7) is 1.36. The maximum Gasteiger partial charge on any atom is 0.406 e. The topological polar surface area (TPSA) is 40.5 Å². The summed E-state index contributed by atoms with van der Waals surface area (Å²) in [6, 6.07) is 0. The monoisotopic (exact) mass is 225 g/mol. The molecule has 6 heteroatoms. The van der Waals surface area contributed by atoms with Gasteiger partial charge in [0.15, 0.2) is 0 Å². The van der Waals surface area contributed by atoms with Gasteiger partial charge in [0, 0.05) is 0 Å². The van der Waals surface area contributed by atoms with Crippen molar-refractivity contribution in [3.8, 4) is 0 Å². The highest BCUT2D eigenvalue weighted by Gasteiger charge is 2.61. The molecule has 1 N–H and O–H groups in total. The molecule has 0 bridgehead atoms. The third-order valence-electron chi connectivity index (χ3n) is 3.40. The molecule has 0 radical (unpaired) electrons. The predicted molar refractivity (Wildman–Crippen MR) is 47.4 cm³/mol. The van der Waals surface area contributed by atoms with Gasteiger partial charge in [0.1, 0.15) is 5.54 Å². The lowest BCUT2D eigenvalue weighted by molar-refractivity contribution is -0.226. The molecule has 0 amide bonds. The molecule has 2 atom stereocenters. The molecule has 15 heavy (non-hydrogen) atoms. The number of carboxylic acids is 1. The highest BCUT2D eigenvalue weighted by molar-refractivity contribution is 5.67. The third kappa shape index (κ3) is 1.95. The SMILES string of the molecule is CN1CCC(CC(=O)O)C1(C)C(F)(F)F. The molecule has 1 heterocycles. The first kappa shape index (κ1) is 12.3. The second-order valence-electron chi connectivity index (χ2n) is 4.15. The molecule has 1 rings (SSSR count). The van der Waals surface area contributed by atoms with Gasteiger partial charge in [-0.05, 0) is 32.9 Å². The molecule has 0 aliphatic carbocycles. The van der Waals surface area contributed by atoms with Gasteiger partial charge in [0.05, 0.1) is 6.42 Å². The average Bonchev–Trinajstić information content (AvgIpc) is 2.31. The van der Waals surface area contributed by atoms with Crippen LogP contribution in [-0.4, -0.2) is 41.3 Å². The van der Waals surface area contributed by atoms with E-state index in [2.05, 4.69) is 0 Å².